The third kappa shape index (κ3) is 3.09. The van der Waals surface area contributed by atoms with Gasteiger partial charge >= 0.3 is 0 Å². The molecule has 2 nitrogen and oxygen atoms in total. The zero-order valence-electron chi connectivity index (χ0n) is 12.0. The Hall–Kier alpha value is -1.64. The summed E-state index contributed by atoms with van der Waals surface area (Å²) in [5, 5.41) is 0. The van der Waals surface area contributed by atoms with Crippen LogP contribution < -0.4 is 0 Å². The lowest BCUT2D eigenvalue weighted by Crippen LogP contribution is -2.35. The van der Waals surface area contributed by atoms with Crippen LogP contribution in [0.1, 0.15) is 11.1 Å². The number of rotatable bonds is 3. The molecule has 1 saturated heterocycles. The monoisotopic (exact) mass is 267 g/mol. The highest BCUT2D eigenvalue weighted by Gasteiger charge is 2.13. The largest absolute Gasteiger partial charge is 0.379 e. The fraction of sp³-hybridized carbons (Fsp3) is 0.333. The van der Waals surface area contributed by atoms with Gasteiger partial charge in [0.05, 0.1) is 13.2 Å². The SMILES string of the molecule is Cc1ccc(-c2ccccc2CN2CCOCC2)cc1. The topological polar surface area (TPSA) is 12.5 Å². The molecule has 1 aliphatic rings. The minimum atomic E-state index is 0.854. The molecule has 0 N–H and O–H groups in total. The van der Waals surface area contributed by atoms with E-state index in [1.807, 2.05) is 0 Å². The van der Waals surface area contributed by atoms with Crippen molar-refractivity contribution in [3.63, 3.8) is 0 Å². The number of aryl methyl sites for hydroxylation is 1. The molecular formula is C18H21NO. The van der Waals surface area contributed by atoms with E-state index in [4.69, 9.17) is 4.74 Å². The highest BCUT2D eigenvalue weighted by Crippen LogP contribution is 2.25. The van der Waals surface area contributed by atoms with Gasteiger partial charge in [0.2, 0.25) is 0 Å². The number of benzene rings is 2. The maximum Gasteiger partial charge on any atom is 0.0594 e. The van der Waals surface area contributed by atoms with Crippen molar-refractivity contribution < 1.29 is 4.74 Å². The number of nitrogens with zero attached hydrogens (tertiary/aromatic N) is 1. The second-order valence-corrected chi connectivity index (χ2v) is 5.41. The molecule has 0 aliphatic carbocycles. The lowest BCUT2D eigenvalue weighted by Gasteiger charge is -2.27. The normalized spacial score (nSPS) is 16.2. The van der Waals surface area contributed by atoms with Crippen molar-refractivity contribution >= 4 is 0 Å². The van der Waals surface area contributed by atoms with Crippen LogP contribution in [0.3, 0.4) is 0 Å². The fourth-order valence-corrected chi connectivity index (χ4v) is 2.67. The third-order valence-electron chi connectivity index (χ3n) is 3.88. The minimum Gasteiger partial charge on any atom is -0.379 e. The Bertz CT molecular complexity index is 556. The van der Waals surface area contributed by atoms with Crippen LogP contribution in [-0.4, -0.2) is 31.2 Å². The summed E-state index contributed by atoms with van der Waals surface area (Å²) in [5.41, 5.74) is 5.36. The smallest absolute Gasteiger partial charge is 0.0594 e. The third-order valence-corrected chi connectivity index (χ3v) is 3.88. The van der Waals surface area contributed by atoms with Crippen molar-refractivity contribution in [2.45, 2.75) is 13.5 Å². The molecule has 2 aromatic rings. The van der Waals surface area contributed by atoms with Crippen LogP contribution >= 0.6 is 0 Å². The molecule has 1 fully saturated rings. The molecule has 0 unspecified atom stereocenters. The number of morpholine rings is 1. The zero-order chi connectivity index (χ0) is 13.8. The maximum atomic E-state index is 5.42. The summed E-state index contributed by atoms with van der Waals surface area (Å²) in [6.07, 6.45) is 0. The van der Waals surface area contributed by atoms with E-state index in [-0.39, 0.29) is 0 Å². The van der Waals surface area contributed by atoms with E-state index in [2.05, 4.69) is 60.4 Å². The summed E-state index contributed by atoms with van der Waals surface area (Å²) in [4.78, 5) is 2.47. The van der Waals surface area contributed by atoms with Crippen molar-refractivity contribution in [3.05, 3.63) is 59.7 Å². The van der Waals surface area contributed by atoms with Crippen molar-refractivity contribution in [1.82, 2.24) is 4.90 Å². The minimum absolute atomic E-state index is 0.854. The molecular weight excluding hydrogens is 246 g/mol. The Balaban J connectivity index is 1.85. The number of hydrogen-bond donors (Lipinski definition) is 0. The Morgan fingerprint density at radius 1 is 0.950 bits per heavy atom. The predicted molar refractivity (Wildman–Crippen MR) is 82.7 cm³/mol. The van der Waals surface area contributed by atoms with E-state index in [9.17, 15) is 0 Å². The van der Waals surface area contributed by atoms with Crippen LogP contribution in [0.4, 0.5) is 0 Å². The van der Waals surface area contributed by atoms with E-state index in [1.54, 1.807) is 0 Å². The van der Waals surface area contributed by atoms with Gasteiger partial charge in [0.15, 0.2) is 0 Å². The van der Waals surface area contributed by atoms with Crippen LogP contribution in [0.15, 0.2) is 48.5 Å². The van der Waals surface area contributed by atoms with Crippen molar-refractivity contribution in [1.29, 1.82) is 0 Å². The molecule has 3 rings (SSSR count). The standard InChI is InChI=1S/C18H21NO/c1-15-6-8-16(9-7-15)18-5-3-2-4-17(18)14-19-10-12-20-13-11-19/h2-9H,10-14H2,1H3. The van der Waals surface area contributed by atoms with Crippen LogP contribution in [0.2, 0.25) is 0 Å². The summed E-state index contributed by atoms with van der Waals surface area (Å²) in [6, 6.07) is 17.5. The molecule has 0 atom stereocenters. The van der Waals surface area contributed by atoms with Gasteiger partial charge in [0.1, 0.15) is 0 Å². The highest BCUT2D eigenvalue weighted by molar-refractivity contribution is 5.67. The van der Waals surface area contributed by atoms with Crippen LogP contribution in [-0.2, 0) is 11.3 Å². The fourth-order valence-electron chi connectivity index (χ4n) is 2.67. The molecule has 104 valence electrons. The van der Waals surface area contributed by atoms with Gasteiger partial charge in [-0.25, -0.2) is 0 Å². The second-order valence-electron chi connectivity index (χ2n) is 5.41. The van der Waals surface area contributed by atoms with Gasteiger partial charge < -0.3 is 4.74 Å². The van der Waals surface area contributed by atoms with Gasteiger partial charge in [-0.2, -0.15) is 0 Å². The predicted octanol–water partition coefficient (Wildman–Crippen LogP) is 3.49. The van der Waals surface area contributed by atoms with Gasteiger partial charge in [-0.3, -0.25) is 4.90 Å². The molecule has 0 bridgehead atoms. The quantitative estimate of drug-likeness (QED) is 0.844. The highest BCUT2D eigenvalue weighted by atomic mass is 16.5. The number of ether oxygens (including phenoxy) is 1. The summed E-state index contributed by atoms with van der Waals surface area (Å²) in [5.74, 6) is 0. The van der Waals surface area contributed by atoms with Crippen molar-refractivity contribution in [3.8, 4) is 11.1 Å². The summed E-state index contributed by atoms with van der Waals surface area (Å²) in [6.45, 7) is 6.90. The van der Waals surface area contributed by atoms with Crippen molar-refractivity contribution in [2.75, 3.05) is 26.3 Å². The van der Waals surface area contributed by atoms with E-state index < -0.39 is 0 Å². The van der Waals surface area contributed by atoms with E-state index in [0.717, 1.165) is 32.8 Å². The van der Waals surface area contributed by atoms with E-state index in [1.165, 1.54) is 22.3 Å². The molecule has 20 heavy (non-hydrogen) atoms. The zero-order valence-corrected chi connectivity index (χ0v) is 12.0. The molecule has 0 amide bonds. The Morgan fingerprint density at radius 3 is 2.40 bits per heavy atom. The average molecular weight is 267 g/mol. The van der Waals surface area contributed by atoms with Crippen LogP contribution in [0, 0.1) is 6.92 Å². The molecule has 0 spiro atoms. The lowest BCUT2D eigenvalue weighted by atomic mass is 9.98. The van der Waals surface area contributed by atoms with Gasteiger partial charge in [-0.15, -0.1) is 0 Å². The molecule has 1 aliphatic heterocycles. The van der Waals surface area contributed by atoms with Crippen LogP contribution in [0.5, 0.6) is 0 Å². The van der Waals surface area contributed by atoms with Gasteiger partial charge in [-0.1, -0.05) is 54.1 Å². The molecule has 2 aromatic carbocycles. The molecule has 0 aromatic heterocycles. The Morgan fingerprint density at radius 2 is 1.65 bits per heavy atom. The maximum absolute atomic E-state index is 5.42. The first-order chi connectivity index (χ1) is 9.83. The lowest BCUT2D eigenvalue weighted by molar-refractivity contribution is 0.0342. The van der Waals surface area contributed by atoms with Gasteiger partial charge in [0, 0.05) is 19.6 Å². The Labute approximate surface area is 121 Å². The molecule has 2 heteroatoms. The molecule has 0 saturated carbocycles. The Kier molecular flexibility index (Phi) is 4.14. The van der Waals surface area contributed by atoms with Crippen LogP contribution in [0.25, 0.3) is 11.1 Å². The average Bonchev–Trinajstić information content (AvgIpc) is 2.50. The van der Waals surface area contributed by atoms with Crippen molar-refractivity contribution in [2.24, 2.45) is 0 Å². The second kappa shape index (κ2) is 6.21. The first-order valence-electron chi connectivity index (χ1n) is 7.28. The molecule has 1 heterocycles. The summed E-state index contributed by atoms with van der Waals surface area (Å²) < 4.78 is 5.42. The summed E-state index contributed by atoms with van der Waals surface area (Å²) in [7, 11) is 0. The van der Waals surface area contributed by atoms with E-state index in [0.29, 0.717) is 0 Å². The van der Waals surface area contributed by atoms with Gasteiger partial charge in [-0.05, 0) is 23.6 Å². The first kappa shape index (κ1) is 13.3. The first-order valence-corrected chi connectivity index (χ1v) is 7.28. The summed E-state index contributed by atoms with van der Waals surface area (Å²) >= 11 is 0. The molecule has 0 radical (unpaired) electrons. The van der Waals surface area contributed by atoms with E-state index >= 15 is 0 Å². The van der Waals surface area contributed by atoms with Gasteiger partial charge in [0.25, 0.3) is 0 Å². The number of hydrogen-bond acceptors (Lipinski definition) is 2.